The molecule has 0 spiro atoms. The predicted molar refractivity (Wildman–Crippen MR) is 191 cm³/mol. The molecule has 0 saturated carbocycles. The molecule has 1 aromatic heterocycles. The molecule has 0 radical (unpaired) electrons. The second-order valence-corrected chi connectivity index (χ2v) is 12.3. The molecule has 0 aliphatic rings. The molecule has 0 aliphatic carbocycles. The summed E-state index contributed by atoms with van der Waals surface area (Å²) in [5.74, 6) is 0. The molecule has 3 heteroatoms. The van der Waals surface area contributed by atoms with Crippen LogP contribution in [-0.2, 0) is 5.54 Å². The van der Waals surface area contributed by atoms with Crippen molar-refractivity contribution in [2.24, 2.45) is 4.99 Å². The average Bonchev–Trinajstić information content (AvgIpc) is 3.48. The van der Waals surface area contributed by atoms with E-state index in [2.05, 4.69) is 163 Å². The van der Waals surface area contributed by atoms with Gasteiger partial charge in [0.05, 0.1) is 10.6 Å². The molecular formula is C41H30N2S. The first-order valence-electron chi connectivity index (χ1n) is 14.9. The van der Waals surface area contributed by atoms with Crippen molar-refractivity contribution >= 4 is 66.1 Å². The Kier molecular flexibility index (Phi) is 6.37. The van der Waals surface area contributed by atoms with E-state index >= 15 is 0 Å². The van der Waals surface area contributed by atoms with E-state index in [1.807, 2.05) is 7.05 Å². The zero-order chi connectivity index (χ0) is 29.7. The van der Waals surface area contributed by atoms with Crippen molar-refractivity contribution < 1.29 is 0 Å². The lowest BCUT2D eigenvalue weighted by Gasteiger charge is -2.35. The number of nitrogens with one attached hydrogen (secondary N) is 1. The minimum atomic E-state index is -0.599. The van der Waals surface area contributed by atoms with E-state index in [4.69, 9.17) is 0 Å². The Morgan fingerprint density at radius 1 is 0.523 bits per heavy atom. The normalized spacial score (nSPS) is 13.0. The average molecular weight is 583 g/mol. The van der Waals surface area contributed by atoms with Crippen molar-refractivity contribution in [1.82, 2.24) is 5.32 Å². The topological polar surface area (TPSA) is 24.4 Å². The van der Waals surface area contributed by atoms with Crippen LogP contribution in [0.2, 0.25) is 0 Å². The Morgan fingerprint density at radius 3 is 1.64 bits per heavy atom. The summed E-state index contributed by atoms with van der Waals surface area (Å²) in [6, 6.07) is 52.5. The van der Waals surface area contributed by atoms with E-state index in [0.29, 0.717) is 0 Å². The van der Waals surface area contributed by atoms with Crippen LogP contribution in [0.4, 0.5) is 5.69 Å². The number of aliphatic imine (C=N–C) groups is 1. The van der Waals surface area contributed by atoms with Crippen LogP contribution in [0.1, 0.15) is 16.0 Å². The van der Waals surface area contributed by atoms with Gasteiger partial charge in [-0.25, -0.2) is 0 Å². The molecule has 8 rings (SSSR count). The van der Waals surface area contributed by atoms with Gasteiger partial charge in [0.25, 0.3) is 0 Å². The molecule has 0 bridgehead atoms. The summed E-state index contributed by atoms with van der Waals surface area (Å²) < 4.78 is 1.20. The fraction of sp³-hybridized carbons (Fsp3) is 0.0488. The summed E-state index contributed by atoms with van der Waals surface area (Å²) in [6.45, 7) is 4.00. The molecule has 2 nitrogen and oxygen atoms in total. The third-order valence-electron chi connectivity index (χ3n) is 9.05. The number of fused-ring (bicyclic) bond motifs is 7. The highest BCUT2D eigenvalue weighted by atomic mass is 32.1. The smallest absolute Gasteiger partial charge is 0.106 e. The van der Waals surface area contributed by atoms with Crippen LogP contribution in [0.5, 0.6) is 0 Å². The van der Waals surface area contributed by atoms with Crippen molar-refractivity contribution in [3.8, 4) is 11.1 Å². The Balaban J connectivity index is 1.31. The van der Waals surface area contributed by atoms with E-state index in [1.54, 1.807) is 11.3 Å². The Hall–Kier alpha value is -5.09. The molecule has 8 aromatic rings. The minimum Gasteiger partial charge on any atom is -0.302 e. The summed E-state index contributed by atoms with van der Waals surface area (Å²) >= 11 is 1.78. The highest BCUT2D eigenvalue weighted by Gasteiger charge is 2.39. The van der Waals surface area contributed by atoms with Gasteiger partial charge in [-0.1, -0.05) is 133 Å². The van der Waals surface area contributed by atoms with Crippen molar-refractivity contribution in [3.63, 3.8) is 0 Å². The molecule has 1 atom stereocenters. The standard InChI is InChI=1S/C41H30N2S/c1-42-39-36-18-10-11-19-38(36)44-40(39)41(43-2,29-12-4-3-5-13-29)30-23-20-27(21-24-30)28-22-25-35-33-16-7-6-14-31(33)32-15-8-9-17-34(32)37(35)26-28/h3-26,43H,1H2,2H3. The molecule has 0 fully saturated rings. The number of rotatable bonds is 6. The van der Waals surface area contributed by atoms with E-state index in [9.17, 15) is 0 Å². The van der Waals surface area contributed by atoms with Crippen LogP contribution < -0.4 is 5.32 Å². The first kappa shape index (κ1) is 26.5. The zero-order valence-corrected chi connectivity index (χ0v) is 25.2. The van der Waals surface area contributed by atoms with Crippen LogP contribution in [0.3, 0.4) is 0 Å². The maximum absolute atomic E-state index is 4.58. The molecule has 0 amide bonds. The SMILES string of the molecule is C=Nc1c(C(NC)(c2ccccc2)c2ccc(-c3ccc4c5ccccc5c5ccccc5c4c3)cc2)sc2ccccc12. The first-order valence-corrected chi connectivity index (χ1v) is 15.7. The van der Waals surface area contributed by atoms with Gasteiger partial charge in [0.1, 0.15) is 5.54 Å². The fourth-order valence-electron chi connectivity index (χ4n) is 6.96. The van der Waals surface area contributed by atoms with Gasteiger partial charge in [0.15, 0.2) is 0 Å². The fourth-order valence-corrected chi connectivity index (χ4v) is 8.37. The lowest BCUT2D eigenvalue weighted by Crippen LogP contribution is -2.41. The van der Waals surface area contributed by atoms with Crippen molar-refractivity contribution in [1.29, 1.82) is 0 Å². The van der Waals surface area contributed by atoms with Gasteiger partial charge >= 0.3 is 0 Å². The monoisotopic (exact) mass is 582 g/mol. The maximum Gasteiger partial charge on any atom is 0.106 e. The van der Waals surface area contributed by atoms with E-state index in [1.165, 1.54) is 48.1 Å². The molecule has 44 heavy (non-hydrogen) atoms. The maximum atomic E-state index is 4.58. The summed E-state index contributed by atoms with van der Waals surface area (Å²) in [6.07, 6.45) is 0. The highest BCUT2D eigenvalue weighted by molar-refractivity contribution is 7.20. The molecule has 210 valence electrons. The minimum absolute atomic E-state index is 0.599. The van der Waals surface area contributed by atoms with Gasteiger partial charge in [0, 0.05) is 10.1 Å². The van der Waals surface area contributed by atoms with Gasteiger partial charge in [-0.2, -0.15) is 0 Å². The molecule has 0 aliphatic heterocycles. The van der Waals surface area contributed by atoms with Crippen molar-refractivity contribution in [2.75, 3.05) is 7.05 Å². The zero-order valence-electron chi connectivity index (χ0n) is 24.4. The molecule has 0 saturated heterocycles. The lowest BCUT2D eigenvalue weighted by atomic mass is 9.80. The van der Waals surface area contributed by atoms with E-state index < -0.39 is 5.54 Å². The highest BCUT2D eigenvalue weighted by Crippen LogP contribution is 2.49. The second kappa shape index (κ2) is 10.6. The summed E-state index contributed by atoms with van der Waals surface area (Å²) in [7, 11) is 2.04. The molecule has 1 N–H and O–H groups in total. The number of hydrogen-bond acceptors (Lipinski definition) is 3. The number of hydrogen-bond donors (Lipinski definition) is 1. The molecule has 1 unspecified atom stereocenters. The van der Waals surface area contributed by atoms with Crippen LogP contribution in [0.25, 0.3) is 53.5 Å². The van der Waals surface area contributed by atoms with Crippen molar-refractivity contribution in [2.45, 2.75) is 5.54 Å². The summed E-state index contributed by atoms with van der Waals surface area (Å²) in [5, 5.41) is 12.6. The van der Waals surface area contributed by atoms with Crippen molar-refractivity contribution in [3.05, 3.63) is 162 Å². The van der Waals surface area contributed by atoms with Crippen LogP contribution in [0, 0.1) is 0 Å². The quantitative estimate of drug-likeness (QED) is 0.153. The first-order chi connectivity index (χ1) is 21.7. The van der Waals surface area contributed by atoms with E-state index in [-0.39, 0.29) is 0 Å². The van der Waals surface area contributed by atoms with Gasteiger partial charge < -0.3 is 5.32 Å². The Labute approximate surface area is 261 Å². The largest absolute Gasteiger partial charge is 0.302 e. The van der Waals surface area contributed by atoms with Gasteiger partial charge in [0.2, 0.25) is 0 Å². The van der Waals surface area contributed by atoms with Crippen LogP contribution >= 0.6 is 11.3 Å². The molecule has 1 heterocycles. The second-order valence-electron chi connectivity index (χ2n) is 11.2. The third kappa shape index (κ3) is 3.94. The summed E-state index contributed by atoms with van der Waals surface area (Å²) in [5.41, 5.74) is 5.04. The van der Waals surface area contributed by atoms with Gasteiger partial charge in [-0.3, -0.25) is 4.99 Å². The number of thiophene rings is 1. The molecular weight excluding hydrogens is 553 g/mol. The van der Waals surface area contributed by atoms with E-state index in [0.717, 1.165) is 27.1 Å². The third-order valence-corrected chi connectivity index (χ3v) is 10.3. The molecule has 7 aromatic carbocycles. The Morgan fingerprint density at radius 2 is 1.02 bits per heavy atom. The van der Waals surface area contributed by atoms with Crippen LogP contribution in [0.15, 0.2) is 151 Å². The van der Waals surface area contributed by atoms with Gasteiger partial charge in [-0.05, 0) is 80.5 Å². The Bertz CT molecular complexity index is 2300. The number of nitrogens with zero attached hydrogens (tertiary/aromatic N) is 1. The predicted octanol–water partition coefficient (Wildman–Crippen LogP) is 10.9. The van der Waals surface area contributed by atoms with Gasteiger partial charge in [-0.15, -0.1) is 11.3 Å². The van der Waals surface area contributed by atoms with Crippen LogP contribution in [-0.4, -0.2) is 13.8 Å². The number of benzene rings is 7. The lowest BCUT2D eigenvalue weighted by molar-refractivity contribution is 0.536. The summed E-state index contributed by atoms with van der Waals surface area (Å²) in [4.78, 5) is 5.72.